The van der Waals surface area contributed by atoms with Gasteiger partial charge in [0.05, 0.1) is 16.7 Å². The molecule has 0 radical (unpaired) electrons. The summed E-state index contributed by atoms with van der Waals surface area (Å²) >= 11 is 1.72. The molecule has 134 valence electrons. The predicted octanol–water partition coefficient (Wildman–Crippen LogP) is 3.67. The SMILES string of the molecule is CC[C@@H]1CSC2=N[C@H](c3ccccn3)[C@H](c3ccc(O)c([N+](=O)[O-])c3)N21. The number of aromatic hydroxyl groups is 1. The fourth-order valence-electron chi connectivity index (χ4n) is 3.58. The van der Waals surface area contributed by atoms with E-state index in [1.807, 2.05) is 18.2 Å². The number of phenols is 1. The molecule has 8 heteroatoms. The summed E-state index contributed by atoms with van der Waals surface area (Å²) in [7, 11) is 0. The largest absolute Gasteiger partial charge is 0.502 e. The van der Waals surface area contributed by atoms with Crippen molar-refractivity contribution in [3.63, 3.8) is 0 Å². The molecule has 7 nitrogen and oxygen atoms in total. The van der Waals surface area contributed by atoms with E-state index in [-0.39, 0.29) is 23.5 Å². The van der Waals surface area contributed by atoms with E-state index in [0.29, 0.717) is 6.04 Å². The Kier molecular flexibility index (Phi) is 4.28. The first-order valence-electron chi connectivity index (χ1n) is 8.47. The van der Waals surface area contributed by atoms with Crippen molar-refractivity contribution >= 4 is 22.6 Å². The van der Waals surface area contributed by atoms with Crippen molar-refractivity contribution in [1.29, 1.82) is 0 Å². The van der Waals surface area contributed by atoms with Crippen LogP contribution in [0.15, 0.2) is 47.6 Å². The van der Waals surface area contributed by atoms with Crippen molar-refractivity contribution in [3.8, 4) is 5.75 Å². The monoisotopic (exact) mass is 370 g/mol. The van der Waals surface area contributed by atoms with Gasteiger partial charge in [-0.25, -0.2) is 0 Å². The number of benzene rings is 1. The quantitative estimate of drug-likeness (QED) is 0.652. The lowest BCUT2D eigenvalue weighted by Crippen LogP contribution is -2.35. The summed E-state index contributed by atoms with van der Waals surface area (Å²) in [6.07, 6.45) is 2.71. The molecule has 0 amide bonds. The van der Waals surface area contributed by atoms with Gasteiger partial charge in [-0.3, -0.25) is 20.1 Å². The maximum atomic E-state index is 11.3. The van der Waals surface area contributed by atoms with Crippen molar-refractivity contribution in [2.45, 2.75) is 31.5 Å². The second kappa shape index (κ2) is 6.60. The molecule has 0 unspecified atom stereocenters. The summed E-state index contributed by atoms with van der Waals surface area (Å²) in [5.74, 6) is 0.635. The van der Waals surface area contributed by atoms with E-state index in [0.717, 1.165) is 28.6 Å². The summed E-state index contributed by atoms with van der Waals surface area (Å²) in [6, 6.07) is 10.3. The van der Waals surface area contributed by atoms with Gasteiger partial charge in [0.15, 0.2) is 10.9 Å². The Hall–Kier alpha value is -2.61. The van der Waals surface area contributed by atoms with E-state index < -0.39 is 4.92 Å². The van der Waals surface area contributed by atoms with E-state index in [2.05, 4.69) is 16.8 Å². The van der Waals surface area contributed by atoms with Gasteiger partial charge < -0.3 is 10.0 Å². The highest BCUT2D eigenvalue weighted by molar-refractivity contribution is 8.14. The number of nitro groups is 1. The number of rotatable bonds is 4. The van der Waals surface area contributed by atoms with Crippen LogP contribution >= 0.6 is 11.8 Å². The molecule has 1 aromatic heterocycles. The zero-order chi connectivity index (χ0) is 18.3. The Morgan fingerprint density at radius 2 is 2.23 bits per heavy atom. The van der Waals surface area contributed by atoms with Crippen LogP contribution in [0.4, 0.5) is 5.69 Å². The van der Waals surface area contributed by atoms with Crippen molar-refractivity contribution in [3.05, 3.63) is 64.0 Å². The van der Waals surface area contributed by atoms with E-state index >= 15 is 0 Å². The van der Waals surface area contributed by atoms with E-state index in [1.165, 1.54) is 12.1 Å². The minimum atomic E-state index is -0.554. The fourth-order valence-corrected chi connectivity index (χ4v) is 4.92. The van der Waals surface area contributed by atoms with Crippen LogP contribution in [0.3, 0.4) is 0 Å². The molecule has 3 heterocycles. The Bertz CT molecular complexity index is 874. The Balaban J connectivity index is 1.82. The number of thioether (sulfide) groups is 1. The Morgan fingerprint density at radius 1 is 1.38 bits per heavy atom. The van der Waals surface area contributed by atoms with E-state index in [4.69, 9.17) is 4.99 Å². The van der Waals surface area contributed by atoms with Gasteiger partial charge in [0.1, 0.15) is 6.04 Å². The third kappa shape index (κ3) is 2.70. The van der Waals surface area contributed by atoms with Crippen LogP contribution in [-0.2, 0) is 0 Å². The average Bonchev–Trinajstić information content (AvgIpc) is 3.21. The van der Waals surface area contributed by atoms with Gasteiger partial charge in [-0.15, -0.1) is 0 Å². The molecule has 2 aliphatic rings. The molecule has 26 heavy (non-hydrogen) atoms. The van der Waals surface area contributed by atoms with Crippen molar-refractivity contribution in [2.24, 2.45) is 4.99 Å². The molecule has 1 fully saturated rings. The second-order valence-electron chi connectivity index (χ2n) is 6.34. The van der Waals surface area contributed by atoms with Crippen molar-refractivity contribution < 1.29 is 10.0 Å². The average molecular weight is 370 g/mol. The second-order valence-corrected chi connectivity index (χ2v) is 7.33. The first kappa shape index (κ1) is 16.8. The van der Waals surface area contributed by atoms with Gasteiger partial charge in [0, 0.05) is 24.1 Å². The molecule has 0 spiro atoms. The van der Waals surface area contributed by atoms with Gasteiger partial charge in [-0.1, -0.05) is 30.8 Å². The highest BCUT2D eigenvalue weighted by Gasteiger charge is 2.45. The predicted molar refractivity (Wildman–Crippen MR) is 100 cm³/mol. The van der Waals surface area contributed by atoms with Crippen LogP contribution in [0.2, 0.25) is 0 Å². The summed E-state index contributed by atoms with van der Waals surface area (Å²) in [6.45, 7) is 2.14. The molecule has 1 saturated heterocycles. The number of pyridine rings is 1. The number of hydrogen-bond donors (Lipinski definition) is 1. The third-order valence-corrected chi connectivity index (χ3v) is 5.99. The number of fused-ring (bicyclic) bond motifs is 1. The van der Waals surface area contributed by atoms with E-state index in [1.54, 1.807) is 24.0 Å². The normalized spacial score (nSPS) is 24.4. The van der Waals surface area contributed by atoms with Crippen LogP contribution < -0.4 is 0 Å². The summed E-state index contributed by atoms with van der Waals surface area (Å²) < 4.78 is 0. The molecule has 2 aliphatic heterocycles. The molecule has 2 aromatic rings. The first-order valence-corrected chi connectivity index (χ1v) is 9.46. The van der Waals surface area contributed by atoms with Crippen LogP contribution in [0, 0.1) is 10.1 Å². The van der Waals surface area contributed by atoms with Crippen LogP contribution in [0.25, 0.3) is 0 Å². The molecule has 1 N–H and O–H groups in total. The standard InChI is InChI=1S/C18H18N4O3S/c1-2-12-10-26-18-20-16(13-5-3-4-8-19-13)17(21(12)18)11-6-7-15(23)14(9-11)22(24)25/h3-9,12,16-17,23H,2,10H2,1H3/t12-,16-,17+/m1/s1. The number of hydrogen-bond acceptors (Lipinski definition) is 7. The lowest BCUT2D eigenvalue weighted by molar-refractivity contribution is -0.386. The highest BCUT2D eigenvalue weighted by atomic mass is 32.2. The smallest absolute Gasteiger partial charge is 0.311 e. The van der Waals surface area contributed by atoms with E-state index in [9.17, 15) is 15.2 Å². The lowest BCUT2D eigenvalue weighted by Gasteiger charge is -2.31. The molecule has 3 atom stereocenters. The molecule has 4 rings (SSSR count). The summed E-state index contributed by atoms with van der Waals surface area (Å²) in [4.78, 5) is 22.3. The molecule has 0 saturated carbocycles. The molecule has 1 aromatic carbocycles. The molecular formula is C18H18N4O3S. The van der Waals surface area contributed by atoms with Crippen LogP contribution in [0.1, 0.15) is 36.7 Å². The maximum absolute atomic E-state index is 11.3. The maximum Gasteiger partial charge on any atom is 0.311 e. The zero-order valence-corrected chi connectivity index (χ0v) is 15.0. The minimum absolute atomic E-state index is 0.167. The Labute approximate surface area is 154 Å². The number of phenolic OH excluding ortho intramolecular Hbond substituents is 1. The van der Waals surface area contributed by atoms with Crippen molar-refractivity contribution in [1.82, 2.24) is 9.88 Å². The molecule has 0 aliphatic carbocycles. The topological polar surface area (TPSA) is 91.9 Å². The number of nitro benzene ring substituents is 1. The van der Waals surface area contributed by atoms with Gasteiger partial charge in [0.25, 0.3) is 0 Å². The van der Waals surface area contributed by atoms with Gasteiger partial charge in [-0.2, -0.15) is 0 Å². The van der Waals surface area contributed by atoms with Crippen molar-refractivity contribution in [2.75, 3.05) is 5.75 Å². The zero-order valence-electron chi connectivity index (χ0n) is 14.1. The van der Waals surface area contributed by atoms with Crippen LogP contribution in [-0.4, -0.2) is 36.9 Å². The number of aliphatic imine (C=N–C) groups is 1. The Morgan fingerprint density at radius 3 is 2.92 bits per heavy atom. The number of nitrogens with zero attached hydrogens (tertiary/aromatic N) is 4. The fraction of sp³-hybridized carbons (Fsp3) is 0.333. The van der Waals surface area contributed by atoms with Gasteiger partial charge in [0.2, 0.25) is 0 Å². The lowest BCUT2D eigenvalue weighted by atomic mass is 9.94. The molecular weight excluding hydrogens is 352 g/mol. The molecule has 0 bridgehead atoms. The third-order valence-electron chi connectivity index (χ3n) is 4.87. The summed E-state index contributed by atoms with van der Waals surface area (Å²) in [5, 5.41) is 22.1. The first-order chi connectivity index (χ1) is 12.6. The van der Waals surface area contributed by atoms with Gasteiger partial charge >= 0.3 is 5.69 Å². The minimum Gasteiger partial charge on any atom is -0.502 e. The number of amidine groups is 1. The van der Waals surface area contributed by atoms with Gasteiger partial charge in [-0.05, 0) is 30.2 Å². The summed E-state index contributed by atoms with van der Waals surface area (Å²) in [5.41, 5.74) is 1.33. The highest BCUT2D eigenvalue weighted by Crippen LogP contribution is 2.49. The number of aromatic nitrogens is 1. The van der Waals surface area contributed by atoms with Crippen LogP contribution in [0.5, 0.6) is 5.75 Å².